The lowest BCUT2D eigenvalue weighted by molar-refractivity contribution is -0.114. The maximum atomic E-state index is 12.9. The first-order valence-electron chi connectivity index (χ1n) is 5.90. The lowest BCUT2D eigenvalue weighted by Gasteiger charge is -2.20. The summed E-state index contributed by atoms with van der Waals surface area (Å²) in [7, 11) is 0. The van der Waals surface area contributed by atoms with E-state index < -0.39 is 5.82 Å². The fourth-order valence-corrected chi connectivity index (χ4v) is 1.35. The van der Waals surface area contributed by atoms with Crippen molar-refractivity contribution in [2.45, 2.75) is 26.3 Å². The zero-order chi connectivity index (χ0) is 14.5. The van der Waals surface area contributed by atoms with Gasteiger partial charge in [-0.2, -0.15) is 0 Å². The highest BCUT2D eigenvalue weighted by Crippen LogP contribution is 2.08. The van der Waals surface area contributed by atoms with Crippen LogP contribution in [0.25, 0.3) is 0 Å². The molecule has 0 aliphatic rings. The van der Waals surface area contributed by atoms with Gasteiger partial charge in [-0.05, 0) is 39.0 Å². The second-order valence-corrected chi connectivity index (χ2v) is 5.13. The van der Waals surface area contributed by atoms with Crippen molar-refractivity contribution < 1.29 is 9.18 Å². The van der Waals surface area contributed by atoms with E-state index in [9.17, 15) is 9.18 Å². The average molecular weight is 266 g/mol. The molecule has 0 saturated carbocycles. The molecule has 0 aliphatic heterocycles. The summed E-state index contributed by atoms with van der Waals surface area (Å²) in [6.07, 6.45) is 0. The molecule has 0 spiro atoms. The normalized spacial score (nSPS) is 12.1. The lowest BCUT2D eigenvalue weighted by Crippen LogP contribution is -2.45. The molecule has 0 radical (unpaired) electrons. The summed E-state index contributed by atoms with van der Waals surface area (Å²) < 4.78 is 12.9. The predicted molar refractivity (Wildman–Crippen MR) is 74.4 cm³/mol. The van der Waals surface area contributed by atoms with E-state index >= 15 is 0 Å². The number of aliphatic imine (C=N–C) groups is 1. The van der Waals surface area contributed by atoms with Gasteiger partial charge in [-0.3, -0.25) is 4.79 Å². The third-order valence-electron chi connectivity index (χ3n) is 2.00. The molecule has 0 heterocycles. The molecule has 0 aliphatic carbocycles. The van der Waals surface area contributed by atoms with Crippen LogP contribution in [0.5, 0.6) is 0 Å². The second-order valence-electron chi connectivity index (χ2n) is 5.13. The Balaban J connectivity index is 2.50. The van der Waals surface area contributed by atoms with Gasteiger partial charge in [0.25, 0.3) is 0 Å². The van der Waals surface area contributed by atoms with Crippen molar-refractivity contribution in [3.05, 3.63) is 30.1 Å². The van der Waals surface area contributed by atoms with Crippen LogP contribution in [0.15, 0.2) is 29.3 Å². The fourth-order valence-electron chi connectivity index (χ4n) is 1.35. The second kappa shape index (κ2) is 6.17. The largest absolute Gasteiger partial charge is 0.370 e. The number of halogens is 1. The number of anilines is 1. The molecule has 4 N–H and O–H groups in total. The van der Waals surface area contributed by atoms with Crippen LogP contribution >= 0.6 is 0 Å². The fraction of sp³-hybridized carbons (Fsp3) is 0.385. The van der Waals surface area contributed by atoms with Crippen LogP contribution in [0.2, 0.25) is 0 Å². The number of guanidine groups is 1. The standard InChI is InChI=1S/C13H19FN4O/c1-13(2,3)18-12(15)16-8-11(19)17-10-6-4-5-9(14)7-10/h4-7H,8H2,1-3H3,(H,17,19)(H3,15,16,18). The Hall–Kier alpha value is -2.11. The van der Waals surface area contributed by atoms with Gasteiger partial charge in [-0.25, -0.2) is 9.38 Å². The number of nitrogens with two attached hydrogens (primary N) is 1. The van der Waals surface area contributed by atoms with Crippen molar-refractivity contribution in [2.75, 3.05) is 11.9 Å². The minimum atomic E-state index is -0.407. The van der Waals surface area contributed by atoms with E-state index in [0.717, 1.165) is 0 Å². The summed E-state index contributed by atoms with van der Waals surface area (Å²) in [6, 6.07) is 5.66. The number of carbonyl (C=O) groups excluding carboxylic acids is 1. The molecule has 1 amide bonds. The van der Waals surface area contributed by atoms with Gasteiger partial charge in [0.05, 0.1) is 0 Å². The maximum Gasteiger partial charge on any atom is 0.246 e. The quantitative estimate of drug-likeness (QED) is 0.572. The van der Waals surface area contributed by atoms with Gasteiger partial charge in [0.1, 0.15) is 12.4 Å². The van der Waals surface area contributed by atoms with E-state index in [2.05, 4.69) is 15.6 Å². The van der Waals surface area contributed by atoms with E-state index in [1.54, 1.807) is 6.07 Å². The summed E-state index contributed by atoms with van der Waals surface area (Å²) in [5.41, 5.74) is 5.80. The third kappa shape index (κ3) is 6.40. The summed E-state index contributed by atoms with van der Waals surface area (Å²) in [4.78, 5) is 15.5. The summed E-state index contributed by atoms with van der Waals surface area (Å²) in [5.74, 6) is -0.568. The van der Waals surface area contributed by atoms with Crippen LogP contribution in [-0.2, 0) is 4.79 Å². The Labute approximate surface area is 112 Å². The minimum absolute atomic E-state index is 0.120. The van der Waals surface area contributed by atoms with Crippen LogP contribution in [0.1, 0.15) is 20.8 Å². The monoisotopic (exact) mass is 266 g/mol. The van der Waals surface area contributed by atoms with Crippen LogP contribution in [0.3, 0.4) is 0 Å². The molecule has 1 rings (SSSR count). The number of rotatable bonds is 3. The van der Waals surface area contributed by atoms with Crippen LogP contribution in [0, 0.1) is 5.82 Å². The van der Waals surface area contributed by atoms with Crippen molar-refractivity contribution >= 4 is 17.6 Å². The third-order valence-corrected chi connectivity index (χ3v) is 2.00. The molecule has 0 saturated heterocycles. The van der Waals surface area contributed by atoms with Crippen molar-refractivity contribution in [3.8, 4) is 0 Å². The summed E-state index contributed by atoms with van der Waals surface area (Å²) in [5, 5.41) is 5.47. The highest BCUT2D eigenvalue weighted by Gasteiger charge is 2.10. The van der Waals surface area contributed by atoms with Gasteiger partial charge in [0.2, 0.25) is 5.91 Å². The molecule has 0 unspecified atom stereocenters. The highest BCUT2D eigenvalue weighted by molar-refractivity contribution is 5.93. The minimum Gasteiger partial charge on any atom is -0.370 e. The first-order chi connectivity index (χ1) is 8.76. The van der Waals surface area contributed by atoms with Gasteiger partial charge in [0, 0.05) is 11.2 Å². The first kappa shape index (κ1) is 14.9. The first-order valence-corrected chi connectivity index (χ1v) is 5.90. The van der Waals surface area contributed by atoms with E-state index in [-0.39, 0.29) is 24.0 Å². The molecule has 0 bridgehead atoms. The molecule has 0 fully saturated rings. The van der Waals surface area contributed by atoms with Gasteiger partial charge in [-0.1, -0.05) is 6.07 Å². The molecular formula is C13H19FN4O. The number of benzene rings is 1. The van der Waals surface area contributed by atoms with Gasteiger partial charge in [0.15, 0.2) is 5.96 Å². The number of amides is 1. The Morgan fingerprint density at radius 2 is 2.11 bits per heavy atom. The van der Waals surface area contributed by atoms with Crippen LogP contribution in [0.4, 0.5) is 10.1 Å². The Kier molecular flexibility index (Phi) is 4.86. The lowest BCUT2D eigenvalue weighted by atomic mass is 10.1. The maximum absolute atomic E-state index is 12.9. The Morgan fingerprint density at radius 1 is 1.42 bits per heavy atom. The number of hydrogen-bond donors (Lipinski definition) is 3. The van der Waals surface area contributed by atoms with Gasteiger partial charge >= 0.3 is 0 Å². The van der Waals surface area contributed by atoms with Crippen LogP contribution in [-0.4, -0.2) is 24.0 Å². The molecule has 1 aromatic carbocycles. The van der Waals surface area contributed by atoms with E-state index in [1.165, 1.54) is 18.2 Å². The number of carbonyl (C=O) groups is 1. The van der Waals surface area contributed by atoms with Crippen LogP contribution < -0.4 is 16.4 Å². The van der Waals surface area contributed by atoms with E-state index in [0.29, 0.717) is 5.69 Å². The molecule has 1 aromatic rings. The van der Waals surface area contributed by atoms with Crippen molar-refractivity contribution in [2.24, 2.45) is 10.7 Å². The Bertz CT molecular complexity index is 480. The number of nitrogens with zero attached hydrogens (tertiary/aromatic N) is 1. The van der Waals surface area contributed by atoms with Crippen molar-refractivity contribution in [3.63, 3.8) is 0 Å². The molecule has 0 atom stereocenters. The SMILES string of the molecule is CC(C)(C)NC(N)=NCC(=O)Nc1cccc(F)c1. The van der Waals surface area contributed by atoms with Crippen molar-refractivity contribution in [1.29, 1.82) is 0 Å². The molecule has 0 aromatic heterocycles. The average Bonchev–Trinajstić information content (AvgIpc) is 2.24. The number of hydrogen-bond acceptors (Lipinski definition) is 2. The van der Waals surface area contributed by atoms with E-state index in [4.69, 9.17) is 5.73 Å². The topological polar surface area (TPSA) is 79.5 Å². The van der Waals surface area contributed by atoms with Crippen molar-refractivity contribution in [1.82, 2.24) is 5.32 Å². The summed E-state index contributed by atoms with van der Waals surface area (Å²) >= 11 is 0. The predicted octanol–water partition coefficient (Wildman–Crippen LogP) is 1.47. The Morgan fingerprint density at radius 3 is 2.68 bits per heavy atom. The van der Waals surface area contributed by atoms with Gasteiger partial charge < -0.3 is 16.4 Å². The summed E-state index contributed by atoms with van der Waals surface area (Å²) in [6.45, 7) is 5.68. The highest BCUT2D eigenvalue weighted by atomic mass is 19.1. The zero-order valence-electron chi connectivity index (χ0n) is 11.3. The van der Waals surface area contributed by atoms with Gasteiger partial charge in [-0.15, -0.1) is 0 Å². The molecule has 6 heteroatoms. The molecular weight excluding hydrogens is 247 g/mol. The zero-order valence-corrected chi connectivity index (χ0v) is 11.3. The smallest absolute Gasteiger partial charge is 0.246 e. The van der Waals surface area contributed by atoms with E-state index in [1.807, 2.05) is 20.8 Å². The molecule has 104 valence electrons. The molecule has 19 heavy (non-hydrogen) atoms. The molecule has 5 nitrogen and oxygen atoms in total. The number of nitrogens with one attached hydrogen (secondary N) is 2.